The molecule has 0 saturated heterocycles. The van der Waals surface area contributed by atoms with Crippen molar-refractivity contribution in [1.29, 1.82) is 0 Å². The Bertz CT molecular complexity index is 659. The highest BCUT2D eigenvalue weighted by Crippen LogP contribution is 2.18. The number of nitrogens with one attached hydrogen (secondary N) is 4. The Morgan fingerprint density at radius 2 is 0.902 bits per heavy atom. The molecule has 0 aromatic rings. The minimum absolute atomic E-state index is 0.273. The molecule has 0 aliphatic heterocycles. The normalized spacial score (nSPS) is 12.3. The lowest BCUT2D eigenvalue weighted by Gasteiger charge is -2.28. The lowest BCUT2D eigenvalue weighted by Crippen LogP contribution is -2.48. The van der Waals surface area contributed by atoms with E-state index in [1.54, 1.807) is 0 Å². The quantitative estimate of drug-likeness (QED) is 0.0839. The molecular formula is C26H58N4O9Si2. The van der Waals surface area contributed by atoms with Crippen molar-refractivity contribution in [2.45, 2.75) is 85.9 Å². The number of hydrogen-bond acceptors (Lipinski definition) is 9. The zero-order valence-electron chi connectivity index (χ0n) is 26.8. The van der Waals surface area contributed by atoms with E-state index in [0.29, 0.717) is 97.4 Å². The van der Waals surface area contributed by atoms with E-state index in [1.807, 2.05) is 55.4 Å². The van der Waals surface area contributed by atoms with E-state index in [2.05, 4.69) is 21.3 Å². The lowest BCUT2D eigenvalue weighted by atomic mass is 10.1. The number of hydrogen-bond donors (Lipinski definition) is 4. The maximum absolute atomic E-state index is 12.3. The molecule has 0 saturated carbocycles. The Morgan fingerprint density at radius 3 is 1.27 bits per heavy atom. The van der Waals surface area contributed by atoms with Crippen molar-refractivity contribution in [3.8, 4) is 0 Å². The van der Waals surface area contributed by atoms with Gasteiger partial charge in [0.1, 0.15) is 0 Å². The van der Waals surface area contributed by atoms with E-state index < -0.39 is 23.2 Å². The van der Waals surface area contributed by atoms with Crippen LogP contribution in [0.2, 0.25) is 12.1 Å². The Balaban J connectivity index is 4.21. The Labute approximate surface area is 250 Å². The van der Waals surface area contributed by atoms with Crippen LogP contribution in [0.1, 0.15) is 68.2 Å². The molecule has 4 amide bonds. The molecular weight excluding hydrogens is 568 g/mol. The predicted molar refractivity (Wildman–Crippen MR) is 163 cm³/mol. The second kappa shape index (κ2) is 23.2. The van der Waals surface area contributed by atoms with E-state index in [4.69, 9.17) is 31.3 Å². The summed E-state index contributed by atoms with van der Waals surface area (Å²) in [5.41, 5.74) is -0.609. The third kappa shape index (κ3) is 18.8. The number of carbonyl (C=O) groups excluding carboxylic acids is 2. The first-order valence-electron chi connectivity index (χ1n) is 15.1. The summed E-state index contributed by atoms with van der Waals surface area (Å²) in [6.07, 6.45) is 1.37. The Kier molecular flexibility index (Phi) is 22.4. The van der Waals surface area contributed by atoms with Crippen molar-refractivity contribution in [2.75, 3.05) is 72.4 Å². The third-order valence-electron chi connectivity index (χ3n) is 5.63. The van der Waals surface area contributed by atoms with Gasteiger partial charge in [0.25, 0.3) is 0 Å². The average molecular weight is 627 g/mol. The largest absolute Gasteiger partial charge is 0.500 e. The first-order chi connectivity index (χ1) is 19.6. The van der Waals surface area contributed by atoms with Crippen LogP contribution in [-0.2, 0) is 31.3 Å². The van der Waals surface area contributed by atoms with Crippen LogP contribution < -0.4 is 21.3 Å². The summed E-state index contributed by atoms with van der Waals surface area (Å²) in [5, 5.41) is 11.3. The molecule has 13 nitrogen and oxygen atoms in total. The summed E-state index contributed by atoms with van der Waals surface area (Å²) in [4.78, 5) is 24.4. The SMILES string of the molecule is CCO[Si](CCCNC(=O)NCCOC(C)(C)CNC(=O)NCCC[Si](OCC)(OCC)OCC)(OCC)OCC. The van der Waals surface area contributed by atoms with Gasteiger partial charge in [0, 0.05) is 77.9 Å². The van der Waals surface area contributed by atoms with Gasteiger partial charge in [-0.15, -0.1) is 0 Å². The van der Waals surface area contributed by atoms with E-state index in [1.165, 1.54) is 0 Å². The molecule has 4 N–H and O–H groups in total. The highest BCUT2D eigenvalue weighted by atomic mass is 28.4. The molecule has 0 aromatic heterocycles. The molecule has 0 unspecified atom stereocenters. The first kappa shape index (κ1) is 39.7. The van der Waals surface area contributed by atoms with E-state index >= 15 is 0 Å². The van der Waals surface area contributed by atoms with Gasteiger partial charge < -0.3 is 52.6 Å². The lowest BCUT2D eigenvalue weighted by molar-refractivity contribution is -0.0117. The van der Waals surface area contributed by atoms with E-state index in [0.717, 1.165) is 0 Å². The van der Waals surface area contributed by atoms with Crippen LogP contribution in [0.15, 0.2) is 0 Å². The predicted octanol–water partition coefficient (Wildman–Crippen LogP) is 3.26. The Morgan fingerprint density at radius 1 is 0.561 bits per heavy atom. The average Bonchev–Trinajstić information content (AvgIpc) is 2.91. The molecule has 0 rings (SSSR count). The van der Waals surface area contributed by atoms with Gasteiger partial charge in [-0.3, -0.25) is 0 Å². The van der Waals surface area contributed by atoms with Gasteiger partial charge in [-0.2, -0.15) is 0 Å². The van der Waals surface area contributed by atoms with E-state index in [9.17, 15) is 9.59 Å². The van der Waals surface area contributed by atoms with Crippen molar-refractivity contribution >= 4 is 29.7 Å². The summed E-state index contributed by atoms with van der Waals surface area (Å²) in [6, 6.07) is 0.719. The van der Waals surface area contributed by atoms with Crippen molar-refractivity contribution in [1.82, 2.24) is 21.3 Å². The van der Waals surface area contributed by atoms with Gasteiger partial charge in [-0.05, 0) is 68.2 Å². The third-order valence-corrected chi connectivity index (χ3v) is 11.9. The monoisotopic (exact) mass is 626 g/mol. The maximum Gasteiger partial charge on any atom is 0.500 e. The topological polar surface area (TPSA) is 147 Å². The molecule has 0 aromatic carbocycles. The summed E-state index contributed by atoms with van der Waals surface area (Å²) in [7, 11) is -5.41. The molecule has 0 atom stereocenters. The van der Waals surface area contributed by atoms with Gasteiger partial charge >= 0.3 is 29.7 Å². The molecule has 15 heteroatoms. The molecule has 41 heavy (non-hydrogen) atoms. The number of rotatable bonds is 26. The summed E-state index contributed by atoms with van der Waals surface area (Å²) >= 11 is 0. The second-order valence-electron chi connectivity index (χ2n) is 9.57. The van der Waals surface area contributed by atoms with Crippen LogP contribution in [0.25, 0.3) is 0 Å². The minimum atomic E-state index is -2.71. The molecule has 0 aliphatic rings. The van der Waals surface area contributed by atoms with Gasteiger partial charge in [-0.1, -0.05) is 0 Å². The molecule has 0 heterocycles. The Hall–Kier alpha value is -1.31. The van der Waals surface area contributed by atoms with Crippen LogP contribution in [-0.4, -0.2) is 108 Å². The maximum atomic E-state index is 12.3. The van der Waals surface area contributed by atoms with Crippen LogP contribution >= 0.6 is 0 Å². The van der Waals surface area contributed by atoms with Gasteiger partial charge in [0.15, 0.2) is 0 Å². The highest BCUT2D eigenvalue weighted by Gasteiger charge is 2.40. The zero-order chi connectivity index (χ0) is 31.0. The number of carbonyl (C=O) groups is 2. The van der Waals surface area contributed by atoms with Crippen LogP contribution in [0.4, 0.5) is 9.59 Å². The first-order valence-corrected chi connectivity index (χ1v) is 18.9. The van der Waals surface area contributed by atoms with Crippen molar-refractivity contribution < 1.29 is 40.9 Å². The molecule has 244 valence electrons. The minimum Gasteiger partial charge on any atom is -0.374 e. The van der Waals surface area contributed by atoms with Crippen LogP contribution in [0.5, 0.6) is 0 Å². The van der Waals surface area contributed by atoms with Crippen molar-refractivity contribution in [3.63, 3.8) is 0 Å². The second-order valence-corrected chi connectivity index (χ2v) is 15.0. The summed E-state index contributed by atoms with van der Waals surface area (Å²) < 4.78 is 40.9. The standard InChI is InChI=1S/C26H58N4O9Si2/c1-9-34-40(35-10-2,36-11-3)21-15-17-27-24(31)29-19-20-33-26(7,8)23-30-25(32)28-18-16-22-41(37-12-4,38-13-5)39-14-6/h9-23H2,1-8H3,(H2,27,29,31)(H2,28,30,32). The van der Waals surface area contributed by atoms with Crippen molar-refractivity contribution in [2.24, 2.45) is 0 Å². The zero-order valence-corrected chi connectivity index (χ0v) is 28.8. The van der Waals surface area contributed by atoms with Crippen LogP contribution in [0.3, 0.4) is 0 Å². The van der Waals surface area contributed by atoms with Gasteiger partial charge in [-0.25, -0.2) is 9.59 Å². The highest BCUT2D eigenvalue weighted by molar-refractivity contribution is 6.61. The molecule has 0 aliphatic carbocycles. The number of amides is 4. The molecule has 0 radical (unpaired) electrons. The van der Waals surface area contributed by atoms with Crippen molar-refractivity contribution in [3.05, 3.63) is 0 Å². The smallest absolute Gasteiger partial charge is 0.374 e. The summed E-state index contributed by atoms with van der Waals surface area (Å²) in [6.45, 7) is 20.3. The fourth-order valence-electron chi connectivity index (χ4n) is 3.98. The molecule has 0 fully saturated rings. The van der Waals surface area contributed by atoms with Gasteiger partial charge in [0.05, 0.1) is 12.2 Å². The summed E-state index contributed by atoms with van der Waals surface area (Å²) in [5.74, 6) is 0. The molecule has 0 spiro atoms. The molecule has 0 bridgehead atoms. The number of urea groups is 2. The fraction of sp³-hybridized carbons (Fsp3) is 0.923. The fourth-order valence-corrected chi connectivity index (χ4v) is 9.20. The number of ether oxygens (including phenoxy) is 1. The van der Waals surface area contributed by atoms with E-state index in [-0.39, 0.29) is 12.1 Å². The van der Waals surface area contributed by atoms with Gasteiger partial charge in [0.2, 0.25) is 0 Å². The van der Waals surface area contributed by atoms with Crippen LogP contribution in [0, 0.1) is 0 Å².